The van der Waals surface area contributed by atoms with Gasteiger partial charge in [-0.3, -0.25) is 5.41 Å². The molecule has 0 atom stereocenters. The molecule has 19 heavy (non-hydrogen) atoms. The molecule has 0 aliphatic rings. The van der Waals surface area contributed by atoms with E-state index < -0.39 is 0 Å². The standard InChI is InChI=1S/C16H26N2O/c1-4-13-7-9-14(10-8-13)19-12-6-5-11-16(2,3)15(17)18/h7-10H,4-6,11-12H2,1-3H3,(H3,17,18). The lowest BCUT2D eigenvalue weighted by molar-refractivity contribution is 0.296. The smallest absolute Gasteiger partial charge is 0.119 e. The summed E-state index contributed by atoms with van der Waals surface area (Å²) < 4.78 is 5.70. The fourth-order valence-electron chi connectivity index (χ4n) is 1.82. The maximum atomic E-state index is 7.50. The maximum Gasteiger partial charge on any atom is 0.119 e. The van der Waals surface area contributed by atoms with Crippen molar-refractivity contribution in [1.29, 1.82) is 5.41 Å². The summed E-state index contributed by atoms with van der Waals surface area (Å²) in [6.07, 6.45) is 4.01. The molecular weight excluding hydrogens is 236 g/mol. The summed E-state index contributed by atoms with van der Waals surface area (Å²) in [7, 11) is 0. The lowest BCUT2D eigenvalue weighted by Crippen LogP contribution is -2.30. The van der Waals surface area contributed by atoms with Crippen molar-refractivity contribution in [2.24, 2.45) is 11.1 Å². The van der Waals surface area contributed by atoms with E-state index in [4.69, 9.17) is 15.9 Å². The van der Waals surface area contributed by atoms with Crippen LogP contribution in [0.3, 0.4) is 0 Å². The minimum absolute atomic E-state index is 0.192. The SMILES string of the molecule is CCc1ccc(OCCCCC(C)(C)C(=N)N)cc1. The Kier molecular flexibility index (Phi) is 5.87. The highest BCUT2D eigenvalue weighted by Crippen LogP contribution is 2.22. The number of hydrogen-bond donors (Lipinski definition) is 2. The quantitative estimate of drug-likeness (QED) is 0.426. The Bertz CT molecular complexity index is 396. The number of hydrogen-bond acceptors (Lipinski definition) is 2. The van der Waals surface area contributed by atoms with Gasteiger partial charge in [0.25, 0.3) is 0 Å². The molecule has 0 bridgehead atoms. The molecule has 3 N–H and O–H groups in total. The van der Waals surface area contributed by atoms with Gasteiger partial charge in [-0.15, -0.1) is 0 Å². The number of unbranched alkanes of at least 4 members (excludes halogenated alkanes) is 1. The van der Waals surface area contributed by atoms with Crippen molar-refractivity contribution >= 4 is 5.84 Å². The number of amidine groups is 1. The minimum Gasteiger partial charge on any atom is -0.494 e. The van der Waals surface area contributed by atoms with E-state index in [0.717, 1.165) is 38.0 Å². The molecule has 0 spiro atoms. The summed E-state index contributed by atoms with van der Waals surface area (Å²) in [6.45, 7) is 6.89. The first kappa shape index (κ1) is 15.5. The van der Waals surface area contributed by atoms with E-state index in [1.807, 2.05) is 26.0 Å². The Morgan fingerprint density at radius 1 is 1.21 bits per heavy atom. The summed E-state index contributed by atoms with van der Waals surface area (Å²) >= 11 is 0. The number of nitrogens with two attached hydrogens (primary N) is 1. The summed E-state index contributed by atoms with van der Waals surface area (Å²) in [5.74, 6) is 1.20. The maximum absolute atomic E-state index is 7.50. The molecule has 3 heteroatoms. The van der Waals surface area contributed by atoms with Gasteiger partial charge in [0.05, 0.1) is 12.4 Å². The zero-order valence-electron chi connectivity index (χ0n) is 12.3. The molecule has 0 aliphatic carbocycles. The molecule has 106 valence electrons. The van der Waals surface area contributed by atoms with Crippen LogP contribution in [0.2, 0.25) is 0 Å². The van der Waals surface area contributed by atoms with Crippen molar-refractivity contribution in [3.05, 3.63) is 29.8 Å². The largest absolute Gasteiger partial charge is 0.494 e. The third-order valence-corrected chi connectivity index (χ3v) is 3.53. The van der Waals surface area contributed by atoms with E-state index >= 15 is 0 Å². The number of benzene rings is 1. The number of nitrogens with one attached hydrogen (secondary N) is 1. The lowest BCUT2D eigenvalue weighted by Gasteiger charge is -2.22. The van der Waals surface area contributed by atoms with E-state index in [1.165, 1.54) is 5.56 Å². The van der Waals surface area contributed by atoms with Gasteiger partial charge in [-0.05, 0) is 43.4 Å². The van der Waals surface area contributed by atoms with Gasteiger partial charge in [-0.2, -0.15) is 0 Å². The second kappa shape index (κ2) is 7.17. The highest BCUT2D eigenvalue weighted by atomic mass is 16.5. The molecule has 3 nitrogen and oxygen atoms in total. The van der Waals surface area contributed by atoms with E-state index in [9.17, 15) is 0 Å². The van der Waals surface area contributed by atoms with Crippen molar-refractivity contribution in [3.63, 3.8) is 0 Å². The Morgan fingerprint density at radius 3 is 2.37 bits per heavy atom. The minimum atomic E-state index is -0.192. The predicted octanol–water partition coefficient (Wildman–Crippen LogP) is 3.76. The van der Waals surface area contributed by atoms with E-state index in [0.29, 0.717) is 0 Å². The first-order valence-electron chi connectivity index (χ1n) is 7.02. The van der Waals surface area contributed by atoms with Gasteiger partial charge in [0.1, 0.15) is 5.75 Å². The van der Waals surface area contributed by atoms with Crippen molar-refractivity contribution < 1.29 is 4.74 Å². The van der Waals surface area contributed by atoms with E-state index in [2.05, 4.69) is 19.1 Å². The molecule has 0 radical (unpaired) electrons. The molecule has 0 aromatic heterocycles. The van der Waals surface area contributed by atoms with Crippen molar-refractivity contribution in [1.82, 2.24) is 0 Å². The highest BCUT2D eigenvalue weighted by Gasteiger charge is 2.20. The Balaban J connectivity index is 2.22. The van der Waals surface area contributed by atoms with Crippen molar-refractivity contribution in [2.75, 3.05) is 6.61 Å². The molecular formula is C16H26N2O. The molecule has 0 heterocycles. The average molecular weight is 262 g/mol. The van der Waals surface area contributed by atoms with Crippen LogP contribution < -0.4 is 10.5 Å². The van der Waals surface area contributed by atoms with Crippen LogP contribution in [0.1, 0.15) is 45.6 Å². The molecule has 0 amide bonds. The third-order valence-electron chi connectivity index (χ3n) is 3.53. The van der Waals surface area contributed by atoms with Crippen LogP contribution >= 0.6 is 0 Å². The van der Waals surface area contributed by atoms with Crippen molar-refractivity contribution in [2.45, 2.75) is 46.5 Å². The summed E-state index contributed by atoms with van der Waals surface area (Å²) in [5.41, 5.74) is 6.69. The van der Waals surface area contributed by atoms with Gasteiger partial charge in [-0.1, -0.05) is 32.9 Å². The van der Waals surface area contributed by atoms with Crippen LogP contribution in [0.25, 0.3) is 0 Å². The van der Waals surface area contributed by atoms with Gasteiger partial charge in [0, 0.05) is 5.41 Å². The normalized spacial score (nSPS) is 11.3. The summed E-state index contributed by atoms with van der Waals surface area (Å²) in [6, 6.07) is 8.26. The molecule has 1 aromatic carbocycles. The van der Waals surface area contributed by atoms with Crippen LogP contribution in [0, 0.1) is 10.8 Å². The molecule has 0 saturated carbocycles. The molecule has 0 aliphatic heterocycles. The Hall–Kier alpha value is -1.51. The van der Waals surface area contributed by atoms with Crippen molar-refractivity contribution in [3.8, 4) is 5.75 Å². The first-order chi connectivity index (χ1) is 8.95. The van der Waals surface area contributed by atoms with E-state index in [1.54, 1.807) is 0 Å². The second-order valence-electron chi connectivity index (χ2n) is 5.60. The van der Waals surface area contributed by atoms with Gasteiger partial charge in [0.2, 0.25) is 0 Å². The monoisotopic (exact) mass is 262 g/mol. The zero-order chi connectivity index (χ0) is 14.3. The Morgan fingerprint density at radius 2 is 1.84 bits per heavy atom. The topological polar surface area (TPSA) is 59.1 Å². The van der Waals surface area contributed by atoms with Crippen LogP contribution in [-0.4, -0.2) is 12.4 Å². The van der Waals surface area contributed by atoms with E-state index in [-0.39, 0.29) is 11.3 Å². The number of ether oxygens (including phenoxy) is 1. The molecule has 1 rings (SSSR count). The highest BCUT2D eigenvalue weighted by molar-refractivity contribution is 5.82. The molecule has 0 unspecified atom stereocenters. The average Bonchev–Trinajstić information content (AvgIpc) is 2.38. The van der Waals surface area contributed by atoms with Gasteiger partial charge < -0.3 is 10.5 Å². The second-order valence-corrected chi connectivity index (χ2v) is 5.60. The number of aryl methyl sites for hydroxylation is 1. The van der Waals surface area contributed by atoms with Crippen LogP contribution in [-0.2, 0) is 6.42 Å². The molecule has 0 fully saturated rings. The van der Waals surface area contributed by atoms with Crippen LogP contribution in [0.15, 0.2) is 24.3 Å². The fraction of sp³-hybridized carbons (Fsp3) is 0.562. The third kappa shape index (κ3) is 5.33. The number of rotatable bonds is 8. The predicted molar refractivity (Wildman–Crippen MR) is 80.9 cm³/mol. The summed E-state index contributed by atoms with van der Waals surface area (Å²) in [5, 5.41) is 7.50. The van der Waals surface area contributed by atoms with Crippen LogP contribution in [0.4, 0.5) is 0 Å². The van der Waals surface area contributed by atoms with Gasteiger partial charge in [0.15, 0.2) is 0 Å². The van der Waals surface area contributed by atoms with Crippen LogP contribution in [0.5, 0.6) is 5.75 Å². The van der Waals surface area contributed by atoms with Gasteiger partial charge >= 0.3 is 0 Å². The van der Waals surface area contributed by atoms with Gasteiger partial charge in [-0.25, -0.2) is 0 Å². The first-order valence-corrected chi connectivity index (χ1v) is 7.02. The lowest BCUT2D eigenvalue weighted by atomic mass is 9.86. The molecule has 0 saturated heterocycles. The fourth-order valence-corrected chi connectivity index (χ4v) is 1.82. The molecule has 1 aromatic rings. The summed E-state index contributed by atoms with van der Waals surface area (Å²) in [4.78, 5) is 0. The zero-order valence-corrected chi connectivity index (χ0v) is 12.3. The Labute approximate surface area is 116 Å².